The van der Waals surface area contributed by atoms with Crippen LogP contribution in [0.2, 0.25) is 0 Å². The highest BCUT2D eigenvalue weighted by Gasteiger charge is 2.32. The van der Waals surface area contributed by atoms with Crippen LogP contribution < -0.4 is 5.32 Å². The molecule has 0 radical (unpaired) electrons. The first kappa shape index (κ1) is 17.7. The van der Waals surface area contributed by atoms with Crippen molar-refractivity contribution in [2.45, 2.75) is 31.8 Å². The lowest BCUT2D eigenvalue weighted by Crippen LogP contribution is -2.53. The average Bonchev–Trinajstić information content (AvgIpc) is 3.39. The number of benzene rings is 1. The van der Waals surface area contributed by atoms with E-state index in [2.05, 4.69) is 20.4 Å². The summed E-state index contributed by atoms with van der Waals surface area (Å²) >= 11 is 0. The minimum atomic E-state index is -0.483. The third kappa shape index (κ3) is 4.00. The standard InChI is InChI=1S/C19H23N5O3/c1-13(18-21-16(22-27-18)14-5-3-2-4-6-14)23-9-11-24(12-10-23)19(26)17(25)20-15-7-8-15/h2-6,13,15H,7-12H2,1H3,(H,20,25). The van der Waals surface area contributed by atoms with Crippen LogP contribution >= 0.6 is 0 Å². The van der Waals surface area contributed by atoms with E-state index in [1.807, 2.05) is 37.3 Å². The maximum absolute atomic E-state index is 12.2. The maximum Gasteiger partial charge on any atom is 0.311 e. The van der Waals surface area contributed by atoms with E-state index < -0.39 is 11.8 Å². The van der Waals surface area contributed by atoms with Crippen molar-refractivity contribution >= 4 is 11.8 Å². The van der Waals surface area contributed by atoms with Gasteiger partial charge in [-0.15, -0.1) is 0 Å². The van der Waals surface area contributed by atoms with Crippen LogP contribution in [0.1, 0.15) is 31.7 Å². The second-order valence-corrected chi connectivity index (χ2v) is 7.07. The van der Waals surface area contributed by atoms with E-state index in [0.29, 0.717) is 37.9 Å². The highest BCUT2D eigenvalue weighted by atomic mass is 16.5. The smallest absolute Gasteiger partial charge is 0.311 e. The zero-order valence-corrected chi connectivity index (χ0v) is 15.3. The number of carbonyl (C=O) groups is 2. The highest BCUT2D eigenvalue weighted by molar-refractivity contribution is 6.35. The summed E-state index contributed by atoms with van der Waals surface area (Å²) in [6.45, 7) is 4.36. The molecule has 2 fully saturated rings. The fourth-order valence-electron chi connectivity index (χ4n) is 3.20. The molecule has 2 aromatic rings. The monoisotopic (exact) mass is 369 g/mol. The van der Waals surface area contributed by atoms with Gasteiger partial charge < -0.3 is 14.7 Å². The first-order valence-corrected chi connectivity index (χ1v) is 9.34. The lowest BCUT2D eigenvalue weighted by molar-refractivity contribution is -0.147. The number of piperazine rings is 1. The van der Waals surface area contributed by atoms with Crippen LogP contribution in [0, 0.1) is 0 Å². The van der Waals surface area contributed by atoms with Crippen LogP contribution in [-0.4, -0.2) is 64.0 Å². The first-order chi connectivity index (χ1) is 13.1. The molecule has 1 saturated heterocycles. The molecule has 142 valence electrons. The van der Waals surface area contributed by atoms with E-state index in [9.17, 15) is 9.59 Å². The van der Waals surface area contributed by atoms with Crippen molar-refractivity contribution in [2.24, 2.45) is 0 Å². The van der Waals surface area contributed by atoms with Crippen LogP contribution in [0.25, 0.3) is 11.4 Å². The number of nitrogens with zero attached hydrogens (tertiary/aromatic N) is 4. The Bertz CT molecular complexity index is 810. The molecule has 8 heteroatoms. The summed E-state index contributed by atoms with van der Waals surface area (Å²) in [6.07, 6.45) is 1.94. The Labute approximate surface area is 157 Å². The number of amides is 2. The molecule has 1 N–H and O–H groups in total. The molecule has 2 amide bonds. The van der Waals surface area contributed by atoms with Crippen molar-refractivity contribution < 1.29 is 14.1 Å². The second kappa shape index (κ2) is 7.48. The van der Waals surface area contributed by atoms with Gasteiger partial charge in [0.05, 0.1) is 6.04 Å². The number of aromatic nitrogens is 2. The Balaban J connectivity index is 1.33. The van der Waals surface area contributed by atoms with E-state index in [4.69, 9.17) is 4.52 Å². The summed E-state index contributed by atoms with van der Waals surface area (Å²) in [6, 6.07) is 9.84. The topological polar surface area (TPSA) is 91.6 Å². The number of rotatable bonds is 4. The lowest BCUT2D eigenvalue weighted by atomic mass is 10.2. The minimum absolute atomic E-state index is 0.0486. The molecule has 1 unspecified atom stereocenters. The quantitative estimate of drug-likeness (QED) is 0.815. The van der Waals surface area contributed by atoms with Gasteiger partial charge in [0, 0.05) is 37.8 Å². The Morgan fingerprint density at radius 2 is 1.85 bits per heavy atom. The van der Waals surface area contributed by atoms with E-state index in [0.717, 1.165) is 18.4 Å². The first-order valence-electron chi connectivity index (χ1n) is 9.34. The molecule has 1 aromatic carbocycles. The van der Waals surface area contributed by atoms with E-state index in [1.54, 1.807) is 4.90 Å². The molecule has 1 aliphatic carbocycles. The average molecular weight is 369 g/mol. The molecule has 1 saturated carbocycles. The Hall–Kier alpha value is -2.74. The SMILES string of the molecule is CC(c1nc(-c2ccccc2)no1)N1CCN(C(=O)C(=O)NC2CC2)CC1. The molecule has 1 aliphatic heterocycles. The number of nitrogens with one attached hydrogen (secondary N) is 1. The van der Waals surface area contributed by atoms with Crippen molar-refractivity contribution in [3.8, 4) is 11.4 Å². The van der Waals surface area contributed by atoms with Crippen molar-refractivity contribution in [3.63, 3.8) is 0 Å². The molecule has 4 rings (SSSR count). The summed E-state index contributed by atoms with van der Waals surface area (Å²) in [4.78, 5) is 32.5. The molecule has 1 aromatic heterocycles. The number of hydrogen-bond acceptors (Lipinski definition) is 6. The number of hydrogen-bond donors (Lipinski definition) is 1. The Morgan fingerprint density at radius 1 is 1.15 bits per heavy atom. The molecule has 2 aliphatic rings. The highest BCUT2D eigenvalue weighted by Crippen LogP contribution is 2.23. The molecule has 1 atom stereocenters. The lowest BCUT2D eigenvalue weighted by Gasteiger charge is -2.36. The minimum Gasteiger partial charge on any atom is -0.345 e. The van der Waals surface area contributed by atoms with Gasteiger partial charge in [-0.3, -0.25) is 14.5 Å². The third-order valence-corrected chi connectivity index (χ3v) is 5.09. The molecular weight excluding hydrogens is 346 g/mol. The number of carbonyl (C=O) groups excluding carboxylic acids is 2. The van der Waals surface area contributed by atoms with Crippen molar-refractivity contribution in [1.29, 1.82) is 0 Å². The van der Waals surface area contributed by atoms with Crippen LogP contribution in [-0.2, 0) is 9.59 Å². The predicted molar refractivity (Wildman–Crippen MR) is 97.5 cm³/mol. The van der Waals surface area contributed by atoms with Crippen LogP contribution in [0.3, 0.4) is 0 Å². The third-order valence-electron chi connectivity index (χ3n) is 5.09. The van der Waals surface area contributed by atoms with E-state index >= 15 is 0 Å². The fraction of sp³-hybridized carbons (Fsp3) is 0.474. The Morgan fingerprint density at radius 3 is 2.52 bits per heavy atom. The van der Waals surface area contributed by atoms with E-state index in [-0.39, 0.29) is 12.1 Å². The van der Waals surface area contributed by atoms with Gasteiger partial charge >= 0.3 is 11.8 Å². The summed E-state index contributed by atoms with van der Waals surface area (Å²) in [5.74, 6) is 0.213. The molecule has 27 heavy (non-hydrogen) atoms. The van der Waals surface area contributed by atoms with Gasteiger partial charge in [-0.1, -0.05) is 35.5 Å². The van der Waals surface area contributed by atoms with Crippen LogP contribution in [0.4, 0.5) is 0 Å². The fourth-order valence-corrected chi connectivity index (χ4v) is 3.20. The Kier molecular flexibility index (Phi) is 4.89. The van der Waals surface area contributed by atoms with E-state index in [1.165, 1.54) is 0 Å². The van der Waals surface area contributed by atoms with Gasteiger partial charge in [-0.05, 0) is 19.8 Å². The largest absolute Gasteiger partial charge is 0.345 e. The van der Waals surface area contributed by atoms with Gasteiger partial charge in [0.1, 0.15) is 0 Å². The van der Waals surface area contributed by atoms with Gasteiger partial charge in [0.2, 0.25) is 11.7 Å². The molecule has 0 bridgehead atoms. The van der Waals surface area contributed by atoms with Gasteiger partial charge in [0.15, 0.2) is 0 Å². The predicted octanol–water partition coefficient (Wildman–Crippen LogP) is 1.22. The van der Waals surface area contributed by atoms with Gasteiger partial charge in [-0.25, -0.2) is 0 Å². The molecule has 2 heterocycles. The van der Waals surface area contributed by atoms with Crippen LogP contribution in [0.5, 0.6) is 0 Å². The van der Waals surface area contributed by atoms with Crippen LogP contribution in [0.15, 0.2) is 34.9 Å². The summed E-state index contributed by atoms with van der Waals surface area (Å²) in [7, 11) is 0. The van der Waals surface area contributed by atoms with Gasteiger partial charge in [0.25, 0.3) is 0 Å². The zero-order chi connectivity index (χ0) is 18.8. The molecular formula is C19H23N5O3. The van der Waals surface area contributed by atoms with Crippen molar-refractivity contribution in [1.82, 2.24) is 25.3 Å². The zero-order valence-electron chi connectivity index (χ0n) is 15.3. The molecule has 0 spiro atoms. The normalized spacial score (nSPS) is 18.9. The summed E-state index contributed by atoms with van der Waals surface area (Å²) in [5.41, 5.74) is 0.914. The molecule has 8 nitrogen and oxygen atoms in total. The van der Waals surface area contributed by atoms with Gasteiger partial charge in [-0.2, -0.15) is 4.98 Å². The summed E-state index contributed by atoms with van der Waals surface area (Å²) in [5, 5.41) is 6.82. The second-order valence-electron chi connectivity index (χ2n) is 7.07. The summed E-state index contributed by atoms with van der Waals surface area (Å²) < 4.78 is 5.45. The maximum atomic E-state index is 12.2. The van der Waals surface area contributed by atoms with Crippen molar-refractivity contribution in [3.05, 3.63) is 36.2 Å². The van der Waals surface area contributed by atoms with Crippen molar-refractivity contribution in [2.75, 3.05) is 26.2 Å².